The summed E-state index contributed by atoms with van der Waals surface area (Å²) in [7, 11) is 1.57. The molecule has 0 amide bonds. The van der Waals surface area contributed by atoms with E-state index in [1.165, 1.54) is 0 Å². The van der Waals surface area contributed by atoms with E-state index in [1.807, 2.05) is 48.5 Å². The zero-order valence-electron chi connectivity index (χ0n) is 16.3. The van der Waals surface area contributed by atoms with Gasteiger partial charge in [0.2, 0.25) is 0 Å². The number of rotatable bonds is 8. The van der Waals surface area contributed by atoms with Crippen molar-refractivity contribution in [3.63, 3.8) is 0 Å². The molecule has 0 aliphatic heterocycles. The van der Waals surface area contributed by atoms with Gasteiger partial charge in [0.05, 0.1) is 13.0 Å². The minimum absolute atomic E-state index is 0.0210. The molecule has 0 N–H and O–H groups in total. The van der Waals surface area contributed by atoms with Crippen LogP contribution in [0.15, 0.2) is 81.7 Å². The summed E-state index contributed by atoms with van der Waals surface area (Å²) in [6.07, 6.45) is 0.0210. The lowest BCUT2D eigenvalue weighted by Crippen LogP contribution is -2.19. The Balaban J connectivity index is 1.76. The summed E-state index contributed by atoms with van der Waals surface area (Å²) in [6.45, 7) is 0.149. The number of hydrogen-bond acceptors (Lipinski definition) is 4. The lowest BCUT2D eigenvalue weighted by molar-refractivity contribution is -0.146. The summed E-state index contributed by atoms with van der Waals surface area (Å²) < 4.78 is 12.5. The van der Waals surface area contributed by atoms with Crippen LogP contribution < -0.4 is 4.74 Å². The number of ether oxygens (including phenoxy) is 2. The highest BCUT2D eigenvalue weighted by Crippen LogP contribution is 2.26. The lowest BCUT2D eigenvalue weighted by atomic mass is 9.91. The molecule has 1 unspecified atom stereocenters. The zero-order valence-corrected chi connectivity index (χ0v) is 19.5. The van der Waals surface area contributed by atoms with Crippen LogP contribution in [0, 0.1) is 0 Å². The van der Waals surface area contributed by atoms with Gasteiger partial charge in [-0.1, -0.05) is 56.1 Å². The first kappa shape index (κ1) is 22.2. The third kappa shape index (κ3) is 6.03. The zero-order chi connectivity index (χ0) is 21.5. The van der Waals surface area contributed by atoms with Crippen molar-refractivity contribution < 1.29 is 19.1 Å². The Bertz CT molecular complexity index is 997. The number of methoxy groups -OCH3 is 1. The molecule has 0 bridgehead atoms. The van der Waals surface area contributed by atoms with Crippen molar-refractivity contribution in [2.75, 3.05) is 7.11 Å². The fourth-order valence-electron chi connectivity index (χ4n) is 2.95. The van der Waals surface area contributed by atoms with Crippen LogP contribution in [0.1, 0.15) is 33.8 Å². The average Bonchev–Trinajstić information content (AvgIpc) is 2.77. The second-order valence-electron chi connectivity index (χ2n) is 6.69. The number of carbonyl (C=O) groups excluding carboxylic acids is 2. The molecule has 0 fully saturated rings. The van der Waals surface area contributed by atoms with Gasteiger partial charge in [0.1, 0.15) is 12.4 Å². The maximum Gasteiger partial charge on any atom is 0.314 e. The van der Waals surface area contributed by atoms with E-state index in [4.69, 9.17) is 9.47 Å². The number of carbonyl (C=O) groups is 2. The largest absolute Gasteiger partial charge is 0.497 e. The van der Waals surface area contributed by atoms with E-state index in [9.17, 15) is 9.59 Å². The minimum Gasteiger partial charge on any atom is -0.497 e. The van der Waals surface area contributed by atoms with E-state index in [-0.39, 0.29) is 18.8 Å². The summed E-state index contributed by atoms with van der Waals surface area (Å²) in [5.41, 5.74) is 2.14. The monoisotopic (exact) mass is 530 g/mol. The molecule has 154 valence electrons. The van der Waals surface area contributed by atoms with Crippen LogP contribution in [0.2, 0.25) is 0 Å². The van der Waals surface area contributed by atoms with Gasteiger partial charge in [0.25, 0.3) is 0 Å². The number of ketones is 1. The maximum atomic E-state index is 12.9. The molecule has 0 aliphatic carbocycles. The van der Waals surface area contributed by atoms with Gasteiger partial charge in [0, 0.05) is 20.9 Å². The van der Waals surface area contributed by atoms with E-state index in [2.05, 4.69) is 31.9 Å². The Labute approximate surface area is 192 Å². The highest BCUT2D eigenvalue weighted by molar-refractivity contribution is 9.10. The molecule has 0 heterocycles. The third-order valence-electron chi connectivity index (χ3n) is 4.65. The molecule has 0 saturated heterocycles. The molecule has 0 saturated carbocycles. The molecule has 0 radical (unpaired) electrons. The third-order valence-corrected chi connectivity index (χ3v) is 5.71. The van der Waals surface area contributed by atoms with Crippen molar-refractivity contribution >= 4 is 43.6 Å². The Morgan fingerprint density at radius 1 is 0.833 bits per heavy atom. The molecule has 1 atom stereocenters. The molecule has 3 rings (SSSR count). The highest BCUT2D eigenvalue weighted by atomic mass is 79.9. The molecule has 0 aromatic heterocycles. The smallest absolute Gasteiger partial charge is 0.314 e. The topological polar surface area (TPSA) is 52.6 Å². The average molecular weight is 532 g/mol. The van der Waals surface area contributed by atoms with Crippen molar-refractivity contribution in [2.45, 2.75) is 18.9 Å². The van der Waals surface area contributed by atoms with E-state index in [0.717, 1.165) is 20.1 Å². The summed E-state index contributed by atoms with van der Waals surface area (Å²) >= 11 is 6.79. The van der Waals surface area contributed by atoms with Gasteiger partial charge in [0.15, 0.2) is 5.78 Å². The predicted octanol–water partition coefficient (Wildman–Crippen LogP) is 6.32. The van der Waals surface area contributed by atoms with E-state index < -0.39 is 11.9 Å². The number of esters is 1. The second-order valence-corrected chi connectivity index (χ2v) is 8.53. The van der Waals surface area contributed by atoms with Crippen LogP contribution in [-0.4, -0.2) is 18.9 Å². The fourth-order valence-corrected chi connectivity index (χ4v) is 3.48. The molecular formula is C24H20Br2O4. The van der Waals surface area contributed by atoms with E-state index in [0.29, 0.717) is 11.3 Å². The fraction of sp³-hybridized carbons (Fsp3) is 0.167. The standard InChI is InChI=1S/C24H20Br2O4/c1-29-21-12-6-18(7-13-21)23(27)14-22(17-4-10-20(26)11-5-17)24(28)30-15-16-2-8-19(25)9-3-16/h2-13,22H,14-15H2,1H3. The van der Waals surface area contributed by atoms with Crippen molar-refractivity contribution in [1.82, 2.24) is 0 Å². The summed E-state index contributed by atoms with van der Waals surface area (Å²) in [5, 5.41) is 0. The maximum absolute atomic E-state index is 12.9. The molecule has 0 aliphatic rings. The first-order valence-electron chi connectivity index (χ1n) is 9.30. The first-order valence-corrected chi connectivity index (χ1v) is 10.9. The van der Waals surface area contributed by atoms with Crippen molar-refractivity contribution in [2.24, 2.45) is 0 Å². The molecule has 30 heavy (non-hydrogen) atoms. The van der Waals surface area contributed by atoms with Crippen LogP contribution in [0.5, 0.6) is 5.75 Å². The van der Waals surface area contributed by atoms with Gasteiger partial charge < -0.3 is 9.47 Å². The second kappa shape index (κ2) is 10.5. The summed E-state index contributed by atoms with van der Waals surface area (Å²) in [6, 6.07) is 21.8. The van der Waals surface area contributed by atoms with Gasteiger partial charge in [-0.3, -0.25) is 9.59 Å². The van der Waals surface area contributed by atoms with Crippen LogP contribution in [0.4, 0.5) is 0 Å². The number of hydrogen-bond donors (Lipinski definition) is 0. The van der Waals surface area contributed by atoms with Crippen molar-refractivity contribution in [1.29, 1.82) is 0 Å². The molecule has 3 aromatic carbocycles. The predicted molar refractivity (Wildman–Crippen MR) is 123 cm³/mol. The van der Waals surface area contributed by atoms with Gasteiger partial charge >= 0.3 is 5.97 Å². The Kier molecular flexibility index (Phi) is 7.82. The van der Waals surface area contributed by atoms with Gasteiger partial charge in [-0.2, -0.15) is 0 Å². The first-order chi connectivity index (χ1) is 14.5. The van der Waals surface area contributed by atoms with E-state index >= 15 is 0 Å². The quantitative estimate of drug-likeness (QED) is 0.252. The van der Waals surface area contributed by atoms with Crippen molar-refractivity contribution in [3.05, 3.63) is 98.4 Å². The number of Topliss-reactive ketones (excluding diaryl/α,β-unsaturated/α-hetero) is 1. The van der Waals surface area contributed by atoms with Crippen LogP contribution in [0.3, 0.4) is 0 Å². The van der Waals surface area contributed by atoms with Crippen molar-refractivity contribution in [3.8, 4) is 5.75 Å². The van der Waals surface area contributed by atoms with Gasteiger partial charge in [-0.25, -0.2) is 0 Å². The van der Waals surface area contributed by atoms with Crippen LogP contribution in [-0.2, 0) is 16.1 Å². The highest BCUT2D eigenvalue weighted by Gasteiger charge is 2.26. The Morgan fingerprint density at radius 2 is 1.40 bits per heavy atom. The molecule has 3 aromatic rings. The Hall–Kier alpha value is -2.44. The Morgan fingerprint density at radius 3 is 1.97 bits per heavy atom. The minimum atomic E-state index is -0.692. The molecule has 4 nitrogen and oxygen atoms in total. The van der Waals surface area contributed by atoms with Gasteiger partial charge in [-0.05, 0) is 59.7 Å². The number of benzene rings is 3. The van der Waals surface area contributed by atoms with Crippen LogP contribution >= 0.6 is 31.9 Å². The molecular weight excluding hydrogens is 512 g/mol. The normalized spacial score (nSPS) is 11.6. The summed E-state index contributed by atoms with van der Waals surface area (Å²) in [5.74, 6) is -0.582. The summed E-state index contributed by atoms with van der Waals surface area (Å²) in [4.78, 5) is 25.8. The molecule has 6 heteroatoms. The van der Waals surface area contributed by atoms with Gasteiger partial charge in [-0.15, -0.1) is 0 Å². The lowest BCUT2D eigenvalue weighted by Gasteiger charge is -2.16. The SMILES string of the molecule is COc1ccc(C(=O)CC(C(=O)OCc2ccc(Br)cc2)c2ccc(Br)cc2)cc1. The number of halogens is 2. The van der Waals surface area contributed by atoms with Crippen LogP contribution in [0.25, 0.3) is 0 Å². The van der Waals surface area contributed by atoms with E-state index in [1.54, 1.807) is 31.4 Å². The molecule has 0 spiro atoms.